The molecule has 0 saturated heterocycles. The van der Waals surface area contributed by atoms with E-state index in [1.807, 2.05) is 0 Å². The molecule has 0 aromatic carbocycles. The summed E-state index contributed by atoms with van der Waals surface area (Å²) in [7, 11) is 1.52. The smallest absolute Gasteiger partial charge is 0.326 e. The fourth-order valence-corrected chi connectivity index (χ4v) is 4.00. The van der Waals surface area contributed by atoms with Gasteiger partial charge in [-0.05, 0) is 31.1 Å². The Labute approximate surface area is 117 Å². The molecule has 2 aliphatic carbocycles. The Hall–Kier alpha value is -0.570. The van der Waals surface area contributed by atoms with Gasteiger partial charge in [-0.15, -0.1) is 0 Å². The highest BCUT2D eigenvalue weighted by Gasteiger charge is 2.55. The molecule has 1 atom stereocenters. The third-order valence-electron chi connectivity index (χ3n) is 5.35. The molecule has 0 bridgehead atoms. The molecule has 19 heavy (non-hydrogen) atoms. The summed E-state index contributed by atoms with van der Waals surface area (Å²) in [5.41, 5.74) is -0.469. The summed E-state index contributed by atoms with van der Waals surface area (Å²) in [4.78, 5) is 12.4. The van der Waals surface area contributed by atoms with E-state index in [2.05, 4.69) is 19.2 Å². The van der Waals surface area contributed by atoms with Gasteiger partial charge in [0.2, 0.25) is 0 Å². The third kappa shape index (κ3) is 2.81. The first kappa shape index (κ1) is 14.8. The lowest BCUT2D eigenvalue weighted by atomic mass is 9.74. The van der Waals surface area contributed by atoms with Gasteiger partial charge in [0.25, 0.3) is 0 Å². The minimum absolute atomic E-state index is 0.00754. The first-order valence-corrected chi connectivity index (χ1v) is 7.88. The number of hydrogen-bond donors (Lipinski definition) is 1. The van der Waals surface area contributed by atoms with Crippen LogP contribution in [0.1, 0.15) is 71.6 Å². The van der Waals surface area contributed by atoms with Gasteiger partial charge in [0, 0.05) is 6.04 Å². The zero-order valence-corrected chi connectivity index (χ0v) is 12.8. The molecule has 0 heterocycles. The van der Waals surface area contributed by atoms with Gasteiger partial charge in [-0.2, -0.15) is 0 Å². The minimum atomic E-state index is -0.462. The maximum Gasteiger partial charge on any atom is 0.326 e. The topological polar surface area (TPSA) is 38.3 Å². The van der Waals surface area contributed by atoms with Crippen LogP contribution >= 0.6 is 0 Å². The Morgan fingerprint density at radius 3 is 2.16 bits per heavy atom. The highest BCUT2D eigenvalue weighted by molar-refractivity contribution is 5.82. The largest absolute Gasteiger partial charge is 0.468 e. The first-order valence-electron chi connectivity index (χ1n) is 7.88. The third-order valence-corrected chi connectivity index (χ3v) is 5.35. The second kappa shape index (κ2) is 5.82. The van der Waals surface area contributed by atoms with Crippen LogP contribution in [-0.4, -0.2) is 24.7 Å². The van der Waals surface area contributed by atoms with Crippen molar-refractivity contribution < 1.29 is 9.53 Å². The van der Waals surface area contributed by atoms with Crippen molar-refractivity contribution in [3.05, 3.63) is 0 Å². The van der Waals surface area contributed by atoms with E-state index in [9.17, 15) is 4.79 Å². The number of ether oxygens (including phenoxy) is 1. The molecule has 0 aliphatic heterocycles. The van der Waals surface area contributed by atoms with Crippen molar-refractivity contribution in [3.63, 3.8) is 0 Å². The molecule has 2 rings (SSSR count). The minimum Gasteiger partial charge on any atom is -0.468 e. The van der Waals surface area contributed by atoms with Crippen LogP contribution in [0, 0.1) is 5.41 Å². The standard InChI is InChI=1S/C16H29NO2/c1-15(2)11-8-12-16(15,14(18)19-3)17-13-9-6-4-5-7-10-13/h13,17H,4-12H2,1-3H3. The normalized spacial score (nSPS) is 31.9. The van der Waals surface area contributed by atoms with E-state index < -0.39 is 5.54 Å². The molecule has 0 aromatic heterocycles. The summed E-state index contributed by atoms with van der Waals surface area (Å²) in [6.07, 6.45) is 10.8. The summed E-state index contributed by atoms with van der Waals surface area (Å²) in [5.74, 6) is -0.0563. The van der Waals surface area contributed by atoms with Gasteiger partial charge < -0.3 is 4.74 Å². The molecule has 0 aromatic rings. The van der Waals surface area contributed by atoms with Crippen molar-refractivity contribution in [1.82, 2.24) is 5.32 Å². The lowest BCUT2D eigenvalue weighted by Crippen LogP contribution is -2.62. The van der Waals surface area contributed by atoms with Crippen LogP contribution in [0.5, 0.6) is 0 Å². The van der Waals surface area contributed by atoms with E-state index in [0.717, 1.165) is 19.3 Å². The van der Waals surface area contributed by atoms with Crippen molar-refractivity contribution in [1.29, 1.82) is 0 Å². The average molecular weight is 267 g/mol. The Balaban J connectivity index is 2.16. The molecule has 3 heteroatoms. The maximum atomic E-state index is 12.4. The van der Waals surface area contributed by atoms with E-state index in [0.29, 0.717) is 6.04 Å². The molecule has 2 fully saturated rings. The fourth-order valence-electron chi connectivity index (χ4n) is 4.00. The molecule has 0 radical (unpaired) electrons. The van der Waals surface area contributed by atoms with Crippen LogP contribution in [-0.2, 0) is 9.53 Å². The van der Waals surface area contributed by atoms with Gasteiger partial charge in [-0.25, -0.2) is 0 Å². The van der Waals surface area contributed by atoms with Crippen LogP contribution in [0.3, 0.4) is 0 Å². The van der Waals surface area contributed by atoms with Gasteiger partial charge in [0.05, 0.1) is 7.11 Å². The van der Waals surface area contributed by atoms with Gasteiger partial charge >= 0.3 is 5.97 Å². The molecule has 1 N–H and O–H groups in total. The van der Waals surface area contributed by atoms with E-state index in [1.165, 1.54) is 45.6 Å². The van der Waals surface area contributed by atoms with Gasteiger partial charge in [0.1, 0.15) is 5.54 Å². The fraction of sp³-hybridized carbons (Fsp3) is 0.938. The molecule has 2 aliphatic rings. The van der Waals surface area contributed by atoms with E-state index >= 15 is 0 Å². The average Bonchev–Trinajstić information content (AvgIpc) is 2.58. The SMILES string of the molecule is COC(=O)C1(NC2CCCCCC2)CCCC1(C)C. The van der Waals surface area contributed by atoms with Gasteiger partial charge in [-0.3, -0.25) is 10.1 Å². The van der Waals surface area contributed by atoms with Crippen molar-refractivity contribution in [3.8, 4) is 0 Å². The number of nitrogens with one attached hydrogen (secondary N) is 1. The number of carbonyl (C=O) groups is 1. The van der Waals surface area contributed by atoms with Crippen LogP contribution in [0.15, 0.2) is 0 Å². The van der Waals surface area contributed by atoms with Crippen molar-refractivity contribution in [2.24, 2.45) is 5.41 Å². The number of carbonyl (C=O) groups excluding carboxylic acids is 1. The van der Waals surface area contributed by atoms with E-state index in [1.54, 1.807) is 0 Å². The predicted octanol–water partition coefficient (Wildman–Crippen LogP) is 3.42. The first-order chi connectivity index (χ1) is 9.02. The van der Waals surface area contributed by atoms with Crippen LogP contribution in [0.4, 0.5) is 0 Å². The summed E-state index contributed by atoms with van der Waals surface area (Å²) < 4.78 is 5.14. The van der Waals surface area contributed by atoms with Crippen molar-refractivity contribution in [2.75, 3.05) is 7.11 Å². The Bertz CT molecular complexity index is 319. The highest BCUT2D eigenvalue weighted by atomic mass is 16.5. The van der Waals surface area contributed by atoms with Crippen molar-refractivity contribution >= 4 is 5.97 Å². The molecule has 110 valence electrons. The lowest BCUT2D eigenvalue weighted by molar-refractivity contribution is -0.153. The molecule has 0 spiro atoms. The second-order valence-electron chi connectivity index (χ2n) is 6.97. The molecule has 0 amide bonds. The Kier molecular flexibility index (Phi) is 4.54. The summed E-state index contributed by atoms with van der Waals surface area (Å²) in [6.45, 7) is 4.42. The highest BCUT2D eigenvalue weighted by Crippen LogP contribution is 2.47. The summed E-state index contributed by atoms with van der Waals surface area (Å²) in [5, 5.41) is 3.74. The van der Waals surface area contributed by atoms with E-state index in [4.69, 9.17) is 4.74 Å². The number of methoxy groups -OCH3 is 1. The molecule has 1 unspecified atom stereocenters. The maximum absolute atomic E-state index is 12.4. The summed E-state index contributed by atoms with van der Waals surface area (Å²) >= 11 is 0. The van der Waals surface area contributed by atoms with E-state index in [-0.39, 0.29) is 11.4 Å². The quantitative estimate of drug-likeness (QED) is 0.629. The summed E-state index contributed by atoms with van der Waals surface area (Å²) in [6, 6.07) is 0.485. The number of esters is 1. The monoisotopic (exact) mass is 267 g/mol. The number of rotatable bonds is 3. The zero-order valence-electron chi connectivity index (χ0n) is 12.8. The van der Waals surface area contributed by atoms with Gasteiger partial charge in [0.15, 0.2) is 0 Å². The molecule has 2 saturated carbocycles. The molecule has 3 nitrogen and oxygen atoms in total. The van der Waals surface area contributed by atoms with Crippen LogP contribution < -0.4 is 5.32 Å². The van der Waals surface area contributed by atoms with Crippen LogP contribution in [0.2, 0.25) is 0 Å². The predicted molar refractivity (Wildman–Crippen MR) is 77.0 cm³/mol. The van der Waals surface area contributed by atoms with Gasteiger partial charge in [-0.1, -0.05) is 46.0 Å². The van der Waals surface area contributed by atoms with Crippen molar-refractivity contribution in [2.45, 2.75) is 83.2 Å². The molecular formula is C16H29NO2. The molecular weight excluding hydrogens is 238 g/mol. The Morgan fingerprint density at radius 2 is 1.68 bits per heavy atom. The Morgan fingerprint density at radius 1 is 1.05 bits per heavy atom. The zero-order chi connectivity index (χ0) is 13.9. The second-order valence-corrected chi connectivity index (χ2v) is 6.97. The number of hydrogen-bond acceptors (Lipinski definition) is 3. The lowest BCUT2D eigenvalue weighted by Gasteiger charge is -2.42. The van der Waals surface area contributed by atoms with Crippen LogP contribution in [0.25, 0.3) is 0 Å².